The number of rotatable bonds is 9. The van der Waals surface area contributed by atoms with Crippen LogP contribution in [0.5, 0.6) is 0 Å². The molecule has 1 aromatic carbocycles. The van der Waals surface area contributed by atoms with Gasteiger partial charge >= 0.3 is 12.1 Å². The average molecular weight is 625 g/mol. The number of Topliss-reactive ketones (excluding diaryl/α,β-unsaturated/α-hetero) is 1. The van der Waals surface area contributed by atoms with Crippen LogP contribution in [0.2, 0.25) is 15.1 Å². The van der Waals surface area contributed by atoms with E-state index in [2.05, 4.69) is 5.10 Å². The number of hydrogen-bond acceptors (Lipinski definition) is 4. The Balaban J connectivity index is 2.01. The molecule has 1 N–H and O–H groups in total. The standard InChI is InChI=1S/C27H31Cl3F3N3O4/c1-5-25(2,3)14-35(13-20(37)21-18(29)10-15(28)11-19(21)30)23(38)17-12-34-36(22(17)27(31,32)33)16-6-8-26(4,9-7-16)24(39)40/h10-12,16H,5-9,13-14H2,1-4H3,(H,39,40)/t16-,26-. The van der Waals surface area contributed by atoms with E-state index in [1.54, 1.807) is 6.92 Å². The van der Waals surface area contributed by atoms with Crippen LogP contribution in [0.3, 0.4) is 0 Å². The van der Waals surface area contributed by atoms with Gasteiger partial charge in [0.1, 0.15) is 0 Å². The van der Waals surface area contributed by atoms with Crippen LogP contribution in [0.15, 0.2) is 18.3 Å². The molecule has 0 atom stereocenters. The van der Waals surface area contributed by atoms with E-state index in [1.807, 2.05) is 20.8 Å². The maximum Gasteiger partial charge on any atom is 0.433 e. The molecule has 3 rings (SSSR count). The molecular formula is C27H31Cl3F3N3O4. The third kappa shape index (κ3) is 6.94. The Hall–Kier alpha value is -2.30. The SMILES string of the molecule is CCC(C)(C)CN(CC(=O)c1c(Cl)cc(Cl)cc1Cl)C(=O)c1cnn([C@H]2CC[C@](C)(C(=O)O)CC2)c1C(F)(F)F. The van der Waals surface area contributed by atoms with Crippen LogP contribution < -0.4 is 0 Å². The molecule has 2 aromatic rings. The van der Waals surface area contributed by atoms with E-state index in [0.29, 0.717) is 6.42 Å². The lowest BCUT2D eigenvalue weighted by Crippen LogP contribution is -2.42. The van der Waals surface area contributed by atoms with Crippen LogP contribution in [0, 0.1) is 10.8 Å². The molecule has 13 heteroatoms. The van der Waals surface area contributed by atoms with Crippen molar-refractivity contribution >= 4 is 52.5 Å². The number of carbonyl (C=O) groups is 3. The van der Waals surface area contributed by atoms with E-state index in [9.17, 15) is 32.7 Å². The minimum atomic E-state index is -4.94. The fourth-order valence-electron chi connectivity index (χ4n) is 4.84. The van der Waals surface area contributed by atoms with E-state index >= 15 is 0 Å². The maximum absolute atomic E-state index is 14.4. The highest BCUT2D eigenvalue weighted by molar-refractivity contribution is 6.42. The van der Waals surface area contributed by atoms with Gasteiger partial charge in [-0.15, -0.1) is 0 Å². The highest BCUT2D eigenvalue weighted by atomic mass is 35.5. The number of alkyl halides is 3. The number of carboxylic acids is 1. The summed E-state index contributed by atoms with van der Waals surface area (Å²) in [7, 11) is 0. The molecule has 0 aliphatic heterocycles. The molecule has 7 nitrogen and oxygen atoms in total. The van der Waals surface area contributed by atoms with Crippen molar-refractivity contribution in [2.45, 2.75) is 72.0 Å². The molecule has 0 spiro atoms. The van der Waals surface area contributed by atoms with Crippen molar-refractivity contribution in [1.82, 2.24) is 14.7 Å². The van der Waals surface area contributed by atoms with Crippen LogP contribution >= 0.6 is 34.8 Å². The van der Waals surface area contributed by atoms with Gasteiger partial charge in [-0.2, -0.15) is 18.3 Å². The van der Waals surface area contributed by atoms with Crippen LogP contribution in [0.25, 0.3) is 0 Å². The fraction of sp³-hybridized carbons (Fsp3) is 0.556. The molecule has 0 radical (unpaired) electrons. The summed E-state index contributed by atoms with van der Waals surface area (Å²) in [4.78, 5) is 39.7. The summed E-state index contributed by atoms with van der Waals surface area (Å²) < 4.78 is 44.1. The first kappa shape index (κ1) is 32.2. The average Bonchev–Trinajstić information content (AvgIpc) is 3.28. The molecule has 1 aromatic heterocycles. The zero-order chi connectivity index (χ0) is 30.2. The van der Waals surface area contributed by atoms with E-state index in [0.717, 1.165) is 15.8 Å². The lowest BCUT2D eigenvalue weighted by atomic mass is 9.74. The Morgan fingerprint density at radius 1 is 1.12 bits per heavy atom. The van der Waals surface area contributed by atoms with E-state index in [1.165, 1.54) is 12.1 Å². The van der Waals surface area contributed by atoms with Crippen molar-refractivity contribution in [3.8, 4) is 0 Å². The van der Waals surface area contributed by atoms with Crippen molar-refractivity contribution in [2.75, 3.05) is 13.1 Å². The van der Waals surface area contributed by atoms with Crippen LogP contribution in [0.4, 0.5) is 13.2 Å². The van der Waals surface area contributed by atoms with Gasteiger partial charge in [-0.25, -0.2) is 0 Å². The highest BCUT2D eigenvalue weighted by Gasteiger charge is 2.45. The number of carbonyl (C=O) groups excluding carboxylic acids is 2. The summed E-state index contributed by atoms with van der Waals surface area (Å²) >= 11 is 18.3. The van der Waals surface area contributed by atoms with Crippen molar-refractivity contribution in [3.05, 3.63) is 50.2 Å². The second-order valence-electron chi connectivity index (χ2n) is 11.3. The molecule has 0 bridgehead atoms. The third-order valence-electron chi connectivity index (χ3n) is 7.70. The predicted octanol–water partition coefficient (Wildman–Crippen LogP) is 7.83. The first-order chi connectivity index (χ1) is 18.4. The molecule has 1 amide bonds. The summed E-state index contributed by atoms with van der Waals surface area (Å²) in [6.45, 7) is 6.49. The largest absolute Gasteiger partial charge is 0.481 e. The zero-order valence-electron chi connectivity index (χ0n) is 22.5. The summed E-state index contributed by atoms with van der Waals surface area (Å²) in [5, 5.41) is 13.6. The topological polar surface area (TPSA) is 92.5 Å². The van der Waals surface area contributed by atoms with E-state index in [-0.39, 0.29) is 52.9 Å². The normalized spacial score (nSPS) is 19.9. The molecule has 40 heavy (non-hydrogen) atoms. The lowest BCUT2D eigenvalue weighted by Gasteiger charge is -2.35. The number of halogens is 6. The van der Waals surface area contributed by atoms with Crippen molar-refractivity contribution < 1.29 is 32.7 Å². The number of carboxylic acid groups (broad SMARTS) is 1. The summed E-state index contributed by atoms with van der Waals surface area (Å²) in [5.74, 6) is -2.67. The first-order valence-electron chi connectivity index (χ1n) is 12.8. The molecule has 0 saturated heterocycles. The quantitative estimate of drug-likeness (QED) is 0.287. The molecule has 1 aliphatic carbocycles. The molecular weight excluding hydrogens is 594 g/mol. The van der Waals surface area contributed by atoms with Crippen LogP contribution in [0.1, 0.15) is 92.3 Å². The van der Waals surface area contributed by atoms with Crippen molar-refractivity contribution in [2.24, 2.45) is 10.8 Å². The van der Waals surface area contributed by atoms with E-state index in [4.69, 9.17) is 34.8 Å². The van der Waals surface area contributed by atoms with Crippen LogP contribution in [-0.4, -0.2) is 50.5 Å². The highest BCUT2D eigenvalue weighted by Crippen LogP contribution is 2.43. The van der Waals surface area contributed by atoms with Crippen molar-refractivity contribution in [1.29, 1.82) is 0 Å². The van der Waals surface area contributed by atoms with E-state index < -0.39 is 58.5 Å². The van der Waals surface area contributed by atoms with Gasteiger partial charge in [0.2, 0.25) is 0 Å². The van der Waals surface area contributed by atoms with Gasteiger partial charge in [0.15, 0.2) is 11.5 Å². The molecule has 220 valence electrons. The minimum absolute atomic E-state index is 0.0280. The molecule has 1 saturated carbocycles. The number of aliphatic carboxylic acids is 1. The van der Waals surface area contributed by atoms with Gasteiger partial charge in [-0.05, 0) is 56.6 Å². The summed E-state index contributed by atoms with van der Waals surface area (Å²) in [6.07, 6.45) is -2.85. The summed E-state index contributed by atoms with van der Waals surface area (Å²) in [5.41, 5.74) is -3.57. The Labute approximate surface area is 245 Å². The molecule has 1 fully saturated rings. The van der Waals surface area contributed by atoms with Gasteiger partial charge in [-0.1, -0.05) is 55.6 Å². The van der Waals surface area contributed by atoms with Gasteiger partial charge in [0.25, 0.3) is 5.91 Å². The monoisotopic (exact) mass is 623 g/mol. The Morgan fingerprint density at radius 2 is 1.68 bits per heavy atom. The summed E-state index contributed by atoms with van der Waals surface area (Å²) in [6, 6.07) is 1.89. The first-order valence-corrected chi connectivity index (χ1v) is 13.9. The number of benzene rings is 1. The lowest BCUT2D eigenvalue weighted by molar-refractivity contribution is -0.152. The zero-order valence-corrected chi connectivity index (χ0v) is 24.8. The smallest absolute Gasteiger partial charge is 0.433 e. The number of hydrogen-bond donors (Lipinski definition) is 1. The second kappa shape index (κ2) is 11.9. The maximum atomic E-state index is 14.4. The number of aromatic nitrogens is 2. The number of ketones is 1. The molecule has 1 aliphatic rings. The minimum Gasteiger partial charge on any atom is -0.481 e. The Kier molecular flexibility index (Phi) is 9.58. The third-order valence-corrected chi connectivity index (χ3v) is 8.51. The Morgan fingerprint density at radius 3 is 2.15 bits per heavy atom. The molecule has 0 unspecified atom stereocenters. The van der Waals surface area contributed by atoms with Crippen LogP contribution in [-0.2, 0) is 11.0 Å². The van der Waals surface area contributed by atoms with Gasteiger partial charge < -0.3 is 10.0 Å². The number of nitrogens with zero attached hydrogens (tertiary/aromatic N) is 3. The van der Waals surface area contributed by atoms with Crippen molar-refractivity contribution in [3.63, 3.8) is 0 Å². The number of amides is 1. The molecule has 1 heterocycles. The fourth-order valence-corrected chi connectivity index (χ4v) is 5.86. The second-order valence-corrected chi connectivity index (χ2v) is 12.5. The Bertz CT molecular complexity index is 1280. The predicted molar refractivity (Wildman–Crippen MR) is 146 cm³/mol. The van der Waals surface area contributed by atoms with Gasteiger partial charge in [0.05, 0.1) is 45.4 Å². The van der Waals surface area contributed by atoms with Gasteiger partial charge in [0, 0.05) is 11.6 Å². The van der Waals surface area contributed by atoms with Gasteiger partial charge in [-0.3, -0.25) is 19.1 Å².